The zero-order chi connectivity index (χ0) is 21.4. The number of hydrogen-bond acceptors (Lipinski definition) is 3. The van der Waals surface area contributed by atoms with E-state index in [0.717, 1.165) is 15.7 Å². The molecule has 0 unspecified atom stereocenters. The molecule has 4 N–H and O–H groups in total. The van der Waals surface area contributed by atoms with Gasteiger partial charge in [0.2, 0.25) is 5.91 Å². The van der Waals surface area contributed by atoms with Crippen LogP contribution in [0, 0.1) is 6.92 Å². The van der Waals surface area contributed by atoms with Crippen LogP contribution in [0.1, 0.15) is 36.2 Å². The number of anilines is 2. The van der Waals surface area contributed by atoms with E-state index in [9.17, 15) is 14.4 Å². The fourth-order valence-electron chi connectivity index (χ4n) is 2.54. The number of hydrogen-bond donors (Lipinski definition) is 4. The summed E-state index contributed by atoms with van der Waals surface area (Å²) in [5.74, 6) is -0.564. The van der Waals surface area contributed by atoms with E-state index >= 15 is 0 Å². The lowest BCUT2D eigenvalue weighted by Gasteiger charge is -2.13. The standard InChI is InChI=1S/C21H25BrN4O3/c1-13(2)24-21(29)26-17-7-5-4-6-16(17)20(28)23-11-10-19(27)25-18-12-15(22)9-8-14(18)3/h4-9,12-13H,10-11H2,1-3H3,(H,23,28)(H,25,27)(H2,24,26,29). The predicted molar refractivity (Wildman–Crippen MR) is 118 cm³/mol. The van der Waals surface area contributed by atoms with E-state index in [4.69, 9.17) is 0 Å². The van der Waals surface area contributed by atoms with E-state index in [2.05, 4.69) is 37.2 Å². The number of rotatable bonds is 7. The molecule has 0 spiro atoms. The summed E-state index contributed by atoms with van der Waals surface area (Å²) < 4.78 is 0.873. The van der Waals surface area contributed by atoms with Gasteiger partial charge in [-0.1, -0.05) is 34.1 Å². The molecule has 0 aliphatic rings. The number of nitrogens with one attached hydrogen (secondary N) is 4. The first-order chi connectivity index (χ1) is 13.8. The van der Waals surface area contributed by atoms with E-state index in [-0.39, 0.29) is 36.9 Å². The number of aryl methyl sites for hydroxylation is 1. The Bertz CT molecular complexity index is 899. The molecule has 154 valence electrons. The van der Waals surface area contributed by atoms with Gasteiger partial charge in [-0.05, 0) is 50.6 Å². The summed E-state index contributed by atoms with van der Waals surface area (Å²) in [5.41, 5.74) is 2.40. The summed E-state index contributed by atoms with van der Waals surface area (Å²) in [5, 5.41) is 10.9. The third-order valence-corrected chi connectivity index (χ3v) is 4.44. The van der Waals surface area contributed by atoms with Gasteiger partial charge in [-0.25, -0.2) is 4.79 Å². The quantitative estimate of drug-likeness (QED) is 0.501. The Labute approximate surface area is 178 Å². The van der Waals surface area contributed by atoms with Gasteiger partial charge in [-0.3, -0.25) is 9.59 Å². The van der Waals surface area contributed by atoms with E-state index in [1.54, 1.807) is 24.3 Å². The summed E-state index contributed by atoms with van der Waals surface area (Å²) in [4.78, 5) is 36.6. The maximum Gasteiger partial charge on any atom is 0.319 e. The van der Waals surface area contributed by atoms with E-state index in [1.807, 2.05) is 39.0 Å². The van der Waals surface area contributed by atoms with Crippen molar-refractivity contribution >= 4 is 45.2 Å². The normalized spacial score (nSPS) is 10.4. The van der Waals surface area contributed by atoms with Crippen molar-refractivity contribution in [2.75, 3.05) is 17.2 Å². The molecule has 8 heteroatoms. The average molecular weight is 461 g/mol. The molecule has 0 aromatic heterocycles. The minimum Gasteiger partial charge on any atom is -0.351 e. The Morgan fingerprint density at radius 1 is 1.00 bits per heavy atom. The summed E-state index contributed by atoms with van der Waals surface area (Å²) in [7, 11) is 0. The second-order valence-corrected chi connectivity index (χ2v) is 7.73. The van der Waals surface area contributed by atoms with Crippen molar-refractivity contribution in [2.45, 2.75) is 33.2 Å². The first-order valence-electron chi connectivity index (χ1n) is 9.27. The Kier molecular flexibility index (Phi) is 8.21. The van der Waals surface area contributed by atoms with Crippen LogP contribution in [0.25, 0.3) is 0 Å². The van der Waals surface area contributed by atoms with Gasteiger partial charge in [0.15, 0.2) is 0 Å². The first-order valence-corrected chi connectivity index (χ1v) is 10.1. The van der Waals surface area contributed by atoms with Crippen LogP contribution in [0.4, 0.5) is 16.2 Å². The number of benzene rings is 2. The SMILES string of the molecule is Cc1ccc(Br)cc1NC(=O)CCNC(=O)c1ccccc1NC(=O)NC(C)C. The monoisotopic (exact) mass is 460 g/mol. The Hall–Kier alpha value is -2.87. The molecule has 0 heterocycles. The molecule has 2 aromatic carbocycles. The maximum atomic E-state index is 12.5. The third kappa shape index (κ3) is 7.23. The summed E-state index contributed by atoms with van der Waals surface area (Å²) in [6.07, 6.45) is 0.126. The fourth-order valence-corrected chi connectivity index (χ4v) is 2.90. The van der Waals surface area contributed by atoms with Crippen LogP contribution in [0.5, 0.6) is 0 Å². The molecule has 0 bridgehead atoms. The summed E-state index contributed by atoms with van der Waals surface area (Å²) in [6, 6.07) is 11.9. The van der Waals surface area contributed by atoms with Gasteiger partial charge < -0.3 is 21.3 Å². The van der Waals surface area contributed by atoms with Gasteiger partial charge in [0.25, 0.3) is 5.91 Å². The molecule has 0 saturated heterocycles. The second kappa shape index (κ2) is 10.6. The van der Waals surface area contributed by atoms with Gasteiger partial charge in [0, 0.05) is 29.2 Å². The minimum absolute atomic E-state index is 0.0247. The van der Waals surface area contributed by atoms with Crippen molar-refractivity contribution in [3.05, 3.63) is 58.1 Å². The Morgan fingerprint density at radius 3 is 2.45 bits per heavy atom. The van der Waals surface area contributed by atoms with Crippen LogP contribution in [0.3, 0.4) is 0 Å². The highest BCUT2D eigenvalue weighted by Crippen LogP contribution is 2.20. The van der Waals surface area contributed by atoms with E-state index < -0.39 is 0 Å². The van der Waals surface area contributed by atoms with Gasteiger partial charge >= 0.3 is 6.03 Å². The molecule has 0 saturated carbocycles. The van der Waals surface area contributed by atoms with E-state index in [0.29, 0.717) is 11.3 Å². The molecular weight excluding hydrogens is 436 g/mol. The number of amides is 4. The second-order valence-electron chi connectivity index (χ2n) is 6.81. The highest BCUT2D eigenvalue weighted by molar-refractivity contribution is 9.10. The highest BCUT2D eigenvalue weighted by atomic mass is 79.9. The molecule has 0 aliphatic carbocycles. The molecule has 2 rings (SSSR count). The number of carbonyl (C=O) groups excluding carboxylic acids is 3. The number of carbonyl (C=O) groups is 3. The molecule has 0 aliphatic heterocycles. The highest BCUT2D eigenvalue weighted by Gasteiger charge is 2.14. The lowest BCUT2D eigenvalue weighted by Crippen LogP contribution is -2.35. The molecule has 2 aromatic rings. The van der Waals surface area contributed by atoms with Crippen molar-refractivity contribution in [3.63, 3.8) is 0 Å². The average Bonchev–Trinajstić information content (AvgIpc) is 2.64. The molecular formula is C21H25BrN4O3. The smallest absolute Gasteiger partial charge is 0.319 e. The number of para-hydroxylation sites is 1. The molecule has 0 fully saturated rings. The van der Waals surface area contributed by atoms with Crippen LogP contribution < -0.4 is 21.3 Å². The van der Waals surface area contributed by atoms with Gasteiger partial charge in [0.1, 0.15) is 0 Å². The van der Waals surface area contributed by atoms with E-state index in [1.165, 1.54) is 0 Å². The predicted octanol–water partition coefficient (Wildman–Crippen LogP) is 4.05. The van der Waals surface area contributed by atoms with Crippen molar-refractivity contribution in [1.29, 1.82) is 0 Å². The van der Waals surface area contributed by atoms with Crippen LogP contribution in [-0.4, -0.2) is 30.4 Å². The summed E-state index contributed by atoms with van der Waals surface area (Å²) >= 11 is 3.38. The molecule has 7 nitrogen and oxygen atoms in total. The van der Waals surface area contributed by atoms with Crippen molar-refractivity contribution in [3.8, 4) is 0 Å². The van der Waals surface area contributed by atoms with Crippen LogP contribution in [0.15, 0.2) is 46.9 Å². The van der Waals surface area contributed by atoms with Crippen LogP contribution in [0.2, 0.25) is 0 Å². The first kappa shape index (κ1) is 22.4. The number of halogens is 1. The van der Waals surface area contributed by atoms with Crippen LogP contribution >= 0.6 is 15.9 Å². The minimum atomic E-state index is -0.385. The van der Waals surface area contributed by atoms with Crippen molar-refractivity contribution in [1.82, 2.24) is 10.6 Å². The zero-order valence-electron chi connectivity index (χ0n) is 16.6. The Morgan fingerprint density at radius 2 is 1.72 bits per heavy atom. The topological polar surface area (TPSA) is 99.3 Å². The molecule has 0 radical (unpaired) electrons. The zero-order valence-corrected chi connectivity index (χ0v) is 18.2. The van der Waals surface area contributed by atoms with Crippen molar-refractivity contribution in [2.24, 2.45) is 0 Å². The molecule has 29 heavy (non-hydrogen) atoms. The molecule has 4 amide bonds. The lowest BCUT2D eigenvalue weighted by atomic mass is 10.1. The summed E-state index contributed by atoms with van der Waals surface area (Å²) in [6.45, 7) is 5.77. The van der Waals surface area contributed by atoms with Gasteiger partial charge in [-0.15, -0.1) is 0 Å². The van der Waals surface area contributed by atoms with Gasteiger partial charge in [-0.2, -0.15) is 0 Å². The fraction of sp³-hybridized carbons (Fsp3) is 0.286. The lowest BCUT2D eigenvalue weighted by molar-refractivity contribution is -0.116. The number of urea groups is 1. The van der Waals surface area contributed by atoms with Crippen molar-refractivity contribution < 1.29 is 14.4 Å². The molecule has 0 atom stereocenters. The maximum absolute atomic E-state index is 12.5. The van der Waals surface area contributed by atoms with Crippen LogP contribution in [-0.2, 0) is 4.79 Å². The Balaban J connectivity index is 1.90. The largest absolute Gasteiger partial charge is 0.351 e. The third-order valence-electron chi connectivity index (χ3n) is 3.95. The van der Waals surface area contributed by atoms with Gasteiger partial charge in [0.05, 0.1) is 11.3 Å².